The molecule has 1 rings (SSSR count). The third-order valence-corrected chi connectivity index (χ3v) is 1.95. The number of H-pyrrole nitrogens is 1. The summed E-state index contributed by atoms with van der Waals surface area (Å²) < 4.78 is 0. The Morgan fingerprint density at radius 1 is 1.62 bits per heavy atom. The minimum Gasteiger partial charge on any atom is -0.395 e. The lowest BCUT2D eigenvalue weighted by atomic mass is 10.5. The molecule has 16 heavy (non-hydrogen) atoms. The lowest BCUT2D eigenvalue weighted by Crippen LogP contribution is -2.37. The second-order valence-electron chi connectivity index (χ2n) is 3.04. The van der Waals surface area contributed by atoms with E-state index in [1.807, 2.05) is 0 Å². The van der Waals surface area contributed by atoms with Gasteiger partial charge in [0.1, 0.15) is 0 Å². The highest BCUT2D eigenvalue weighted by Crippen LogP contribution is 1.99. The van der Waals surface area contributed by atoms with E-state index >= 15 is 0 Å². The number of likely N-dealkylation sites (N-methyl/N-ethyl adjacent to an activating group) is 1. The first-order chi connectivity index (χ1) is 7.67. The van der Waals surface area contributed by atoms with E-state index in [0.717, 1.165) is 0 Å². The summed E-state index contributed by atoms with van der Waals surface area (Å²) in [6, 6.07) is 2.31. The van der Waals surface area contributed by atoms with E-state index in [1.54, 1.807) is 6.92 Å². The molecule has 0 radical (unpaired) electrons. The van der Waals surface area contributed by atoms with Gasteiger partial charge in [0, 0.05) is 19.2 Å². The van der Waals surface area contributed by atoms with E-state index in [0.29, 0.717) is 6.54 Å². The Hall–Kier alpha value is -1.89. The molecule has 1 aromatic rings. The van der Waals surface area contributed by atoms with Crippen molar-refractivity contribution in [2.24, 2.45) is 0 Å². The average Bonchev–Trinajstić information content (AvgIpc) is 2.29. The van der Waals surface area contributed by atoms with Crippen molar-refractivity contribution in [1.82, 2.24) is 15.1 Å². The van der Waals surface area contributed by atoms with Gasteiger partial charge in [0.2, 0.25) is 0 Å². The van der Waals surface area contributed by atoms with Crippen LogP contribution in [0.25, 0.3) is 0 Å². The number of nitrogens with one attached hydrogen (secondary N) is 2. The zero-order valence-corrected chi connectivity index (χ0v) is 8.93. The maximum atomic E-state index is 11.6. The van der Waals surface area contributed by atoms with E-state index in [9.17, 15) is 9.59 Å². The molecule has 1 heterocycles. The van der Waals surface area contributed by atoms with Gasteiger partial charge in [0.15, 0.2) is 5.82 Å². The number of aromatic amines is 1. The first kappa shape index (κ1) is 12.2. The monoisotopic (exact) mass is 226 g/mol. The summed E-state index contributed by atoms with van der Waals surface area (Å²) in [5.41, 5.74) is -0.333. The van der Waals surface area contributed by atoms with Crippen molar-refractivity contribution in [2.45, 2.75) is 6.92 Å². The zero-order valence-electron chi connectivity index (χ0n) is 8.93. The molecule has 2 amide bonds. The topological polar surface area (TPSA) is 98.3 Å². The SMILES string of the molecule is CCN(CCO)C(=O)Nc1ccc(=O)[nH]n1. The van der Waals surface area contributed by atoms with Crippen molar-refractivity contribution in [1.29, 1.82) is 0 Å². The molecule has 0 aliphatic rings. The van der Waals surface area contributed by atoms with Gasteiger partial charge in [-0.15, -0.1) is 0 Å². The van der Waals surface area contributed by atoms with Crippen LogP contribution >= 0.6 is 0 Å². The summed E-state index contributed by atoms with van der Waals surface area (Å²) in [4.78, 5) is 23.7. The van der Waals surface area contributed by atoms with Gasteiger partial charge in [-0.05, 0) is 13.0 Å². The number of hydrogen-bond acceptors (Lipinski definition) is 4. The average molecular weight is 226 g/mol. The van der Waals surface area contributed by atoms with Crippen LogP contribution < -0.4 is 10.9 Å². The molecule has 7 heteroatoms. The fourth-order valence-corrected chi connectivity index (χ4v) is 1.13. The van der Waals surface area contributed by atoms with Crippen molar-refractivity contribution >= 4 is 11.8 Å². The zero-order chi connectivity index (χ0) is 12.0. The van der Waals surface area contributed by atoms with Crippen LogP contribution in [0.1, 0.15) is 6.92 Å². The normalized spacial score (nSPS) is 9.88. The van der Waals surface area contributed by atoms with E-state index in [2.05, 4.69) is 15.5 Å². The maximum absolute atomic E-state index is 11.6. The summed E-state index contributed by atoms with van der Waals surface area (Å²) in [5.74, 6) is 0.265. The molecule has 1 aromatic heterocycles. The number of aromatic nitrogens is 2. The van der Waals surface area contributed by atoms with E-state index in [1.165, 1.54) is 17.0 Å². The third kappa shape index (κ3) is 3.35. The molecule has 7 nitrogen and oxygen atoms in total. The largest absolute Gasteiger partial charge is 0.395 e. The molecule has 0 spiro atoms. The molecular formula is C9H14N4O3. The summed E-state index contributed by atoms with van der Waals surface area (Å²) in [6.07, 6.45) is 0. The predicted octanol–water partition coefficient (Wildman–Crippen LogP) is -0.384. The molecule has 0 aromatic carbocycles. The molecular weight excluding hydrogens is 212 g/mol. The molecule has 0 saturated heterocycles. The number of aliphatic hydroxyl groups is 1. The van der Waals surface area contributed by atoms with Crippen LogP contribution in [0, 0.1) is 0 Å². The Morgan fingerprint density at radius 3 is 2.88 bits per heavy atom. The van der Waals surface area contributed by atoms with Gasteiger partial charge in [-0.25, -0.2) is 9.89 Å². The molecule has 3 N–H and O–H groups in total. The number of aliphatic hydroxyl groups excluding tert-OH is 1. The number of carbonyl (C=O) groups excluding carboxylic acids is 1. The van der Waals surface area contributed by atoms with E-state index < -0.39 is 0 Å². The van der Waals surface area contributed by atoms with Crippen LogP contribution in [0.4, 0.5) is 10.6 Å². The van der Waals surface area contributed by atoms with Crippen LogP contribution in [0.5, 0.6) is 0 Å². The Bertz CT molecular complexity index is 383. The number of rotatable bonds is 4. The van der Waals surface area contributed by atoms with Gasteiger partial charge in [-0.2, -0.15) is 5.10 Å². The highest BCUT2D eigenvalue weighted by molar-refractivity contribution is 5.88. The number of hydrogen-bond donors (Lipinski definition) is 3. The number of nitrogens with zero attached hydrogens (tertiary/aromatic N) is 2. The van der Waals surface area contributed by atoms with Crippen molar-refractivity contribution in [2.75, 3.05) is 25.0 Å². The summed E-state index contributed by atoms with van der Waals surface area (Å²) in [7, 11) is 0. The van der Waals surface area contributed by atoms with Gasteiger partial charge in [-0.1, -0.05) is 0 Å². The first-order valence-corrected chi connectivity index (χ1v) is 4.90. The predicted molar refractivity (Wildman–Crippen MR) is 58.2 cm³/mol. The molecule has 88 valence electrons. The highest BCUT2D eigenvalue weighted by atomic mass is 16.3. The van der Waals surface area contributed by atoms with Gasteiger partial charge in [0.05, 0.1) is 6.61 Å². The van der Waals surface area contributed by atoms with Crippen LogP contribution in [-0.4, -0.2) is 45.9 Å². The molecule has 0 bridgehead atoms. The molecule has 0 unspecified atom stereocenters. The van der Waals surface area contributed by atoms with Crippen molar-refractivity contribution in [3.05, 3.63) is 22.5 Å². The molecule has 0 aliphatic heterocycles. The van der Waals surface area contributed by atoms with Crippen LogP contribution in [-0.2, 0) is 0 Å². The fraction of sp³-hybridized carbons (Fsp3) is 0.444. The quantitative estimate of drug-likeness (QED) is 0.651. The number of anilines is 1. The van der Waals surface area contributed by atoms with Crippen molar-refractivity contribution in [3.8, 4) is 0 Å². The summed E-state index contributed by atoms with van der Waals surface area (Å²) in [6.45, 7) is 2.44. The second-order valence-corrected chi connectivity index (χ2v) is 3.04. The Morgan fingerprint density at radius 2 is 2.38 bits per heavy atom. The summed E-state index contributed by atoms with van der Waals surface area (Å²) >= 11 is 0. The maximum Gasteiger partial charge on any atom is 0.323 e. The second kappa shape index (κ2) is 5.86. The third-order valence-electron chi connectivity index (χ3n) is 1.95. The number of urea groups is 1. The molecule has 0 atom stereocenters. The van der Waals surface area contributed by atoms with Crippen LogP contribution in [0.15, 0.2) is 16.9 Å². The van der Waals surface area contributed by atoms with E-state index in [4.69, 9.17) is 5.11 Å². The van der Waals surface area contributed by atoms with Gasteiger partial charge < -0.3 is 10.0 Å². The van der Waals surface area contributed by atoms with E-state index in [-0.39, 0.29) is 30.6 Å². The highest BCUT2D eigenvalue weighted by Gasteiger charge is 2.11. The smallest absolute Gasteiger partial charge is 0.323 e. The van der Waals surface area contributed by atoms with Gasteiger partial charge in [-0.3, -0.25) is 10.1 Å². The van der Waals surface area contributed by atoms with Gasteiger partial charge >= 0.3 is 6.03 Å². The minimum absolute atomic E-state index is 0.0969. The Labute approximate surface area is 92.1 Å². The van der Waals surface area contributed by atoms with Crippen LogP contribution in [0.3, 0.4) is 0 Å². The number of amides is 2. The Balaban J connectivity index is 2.62. The minimum atomic E-state index is -0.365. The van der Waals surface area contributed by atoms with Crippen LogP contribution in [0.2, 0.25) is 0 Å². The van der Waals surface area contributed by atoms with Crippen molar-refractivity contribution in [3.63, 3.8) is 0 Å². The van der Waals surface area contributed by atoms with Gasteiger partial charge in [0.25, 0.3) is 5.56 Å². The molecule has 0 fully saturated rings. The fourth-order valence-electron chi connectivity index (χ4n) is 1.13. The summed E-state index contributed by atoms with van der Waals surface area (Å²) in [5, 5.41) is 17.1. The lowest BCUT2D eigenvalue weighted by molar-refractivity contribution is 0.192. The Kier molecular flexibility index (Phi) is 4.46. The van der Waals surface area contributed by atoms with Crippen molar-refractivity contribution < 1.29 is 9.90 Å². The number of carbonyl (C=O) groups is 1. The molecule has 0 saturated carbocycles. The molecule has 0 aliphatic carbocycles. The standard InChI is InChI=1S/C9H14N4O3/c1-2-13(5-6-14)9(16)10-7-3-4-8(15)12-11-7/h3-4,14H,2,5-6H2,1H3,(H,12,15)(H,10,11,16). The first-order valence-electron chi connectivity index (χ1n) is 4.90. The lowest BCUT2D eigenvalue weighted by Gasteiger charge is -2.19.